The van der Waals surface area contributed by atoms with Gasteiger partial charge in [0.15, 0.2) is 5.69 Å². The predicted molar refractivity (Wildman–Crippen MR) is 104 cm³/mol. The number of nitrogens with zero attached hydrogens (tertiary/aromatic N) is 3. The Hall–Kier alpha value is -2.46. The Morgan fingerprint density at radius 2 is 1.96 bits per heavy atom. The topological polar surface area (TPSA) is 87.9 Å². The van der Waals surface area contributed by atoms with Crippen LogP contribution < -0.4 is 10.1 Å². The summed E-state index contributed by atoms with van der Waals surface area (Å²) >= 11 is 3.39. The maximum absolute atomic E-state index is 12.5. The highest BCUT2D eigenvalue weighted by Gasteiger charge is 2.64. The third-order valence-corrected chi connectivity index (χ3v) is 5.89. The summed E-state index contributed by atoms with van der Waals surface area (Å²) in [7, 11) is 0. The molecule has 27 heavy (non-hydrogen) atoms. The Morgan fingerprint density at radius 1 is 1.26 bits per heavy atom. The van der Waals surface area contributed by atoms with E-state index in [-0.39, 0.29) is 28.9 Å². The molecule has 0 aliphatic heterocycles. The predicted octanol–water partition coefficient (Wildman–Crippen LogP) is 3.72. The van der Waals surface area contributed by atoms with E-state index < -0.39 is 0 Å². The second kappa shape index (κ2) is 6.93. The molecule has 7 heteroatoms. The van der Waals surface area contributed by atoms with Gasteiger partial charge in [0, 0.05) is 27.5 Å². The van der Waals surface area contributed by atoms with E-state index in [1.165, 1.54) is 6.20 Å². The molecule has 140 valence electrons. The Kier molecular flexibility index (Phi) is 4.96. The summed E-state index contributed by atoms with van der Waals surface area (Å²) in [6.07, 6.45) is 1.42. The third kappa shape index (κ3) is 3.42. The second-order valence-electron chi connectivity index (χ2n) is 7.91. The Morgan fingerprint density at radius 3 is 2.52 bits per heavy atom. The number of benzene rings is 1. The zero-order valence-corrected chi connectivity index (χ0v) is 17.2. The van der Waals surface area contributed by atoms with Gasteiger partial charge in [-0.3, -0.25) is 4.79 Å². The molecular formula is C20H21BrN4O2. The molecule has 0 saturated heterocycles. The molecule has 1 N–H and O–H groups in total. The highest BCUT2D eigenvalue weighted by atomic mass is 79.9. The van der Waals surface area contributed by atoms with Crippen molar-refractivity contribution in [2.75, 3.05) is 0 Å². The molecule has 0 atom stereocenters. The van der Waals surface area contributed by atoms with E-state index in [1.54, 1.807) is 30.3 Å². The molecule has 1 saturated carbocycles. The molecular weight excluding hydrogens is 408 g/mol. The lowest BCUT2D eigenvalue weighted by atomic mass is 9.49. The smallest absolute Gasteiger partial charge is 0.272 e. The molecule has 1 aromatic heterocycles. The summed E-state index contributed by atoms with van der Waals surface area (Å²) in [5.74, 6) is 0.444. The molecule has 0 radical (unpaired) electrons. The van der Waals surface area contributed by atoms with Crippen molar-refractivity contribution in [2.24, 2.45) is 10.8 Å². The van der Waals surface area contributed by atoms with Crippen LogP contribution >= 0.6 is 15.9 Å². The summed E-state index contributed by atoms with van der Waals surface area (Å²) < 4.78 is 6.96. The van der Waals surface area contributed by atoms with E-state index in [9.17, 15) is 4.79 Å². The maximum atomic E-state index is 12.5. The molecule has 1 aliphatic rings. The number of nitriles is 1. The minimum absolute atomic E-state index is 0.0914. The van der Waals surface area contributed by atoms with Crippen LogP contribution in [0, 0.1) is 22.2 Å². The van der Waals surface area contributed by atoms with Gasteiger partial charge >= 0.3 is 0 Å². The molecule has 1 aromatic carbocycles. The molecule has 1 aliphatic carbocycles. The van der Waals surface area contributed by atoms with Crippen LogP contribution in [0.2, 0.25) is 0 Å². The molecule has 6 nitrogen and oxygen atoms in total. The largest absolute Gasteiger partial charge is 0.489 e. The van der Waals surface area contributed by atoms with Crippen molar-refractivity contribution in [2.45, 2.75) is 39.8 Å². The Labute approximate surface area is 167 Å². The number of aromatic nitrogens is 2. The highest BCUT2D eigenvalue weighted by Crippen LogP contribution is 2.55. The van der Waals surface area contributed by atoms with E-state index in [4.69, 9.17) is 10.00 Å². The minimum atomic E-state index is -0.290. The Balaban J connectivity index is 1.77. The summed E-state index contributed by atoms with van der Waals surface area (Å²) in [6.45, 7) is 8.29. The van der Waals surface area contributed by atoms with Gasteiger partial charge in [-0.15, -0.1) is 5.10 Å². The number of ether oxygens (including phenoxy) is 1. The summed E-state index contributed by atoms with van der Waals surface area (Å²) in [6, 6.07) is 10.7. The van der Waals surface area contributed by atoms with E-state index in [0.717, 1.165) is 0 Å². The fourth-order valence-electron chi connectivity index (χ4n) is 4.22. The van der Waals surface area contributed by atoms with Crippen LogP contribution in [0.4, 0.5) is 0 Å². The molecule has 3 rings (SSSR count). The Bertz CT molecular complexity index is 890. The number of rotatable bonds is 4. The third-order valence-electron chi connectivity index (χ3n) is 5.23. The number of amides is 1. The van der Waals surface area contributed by atoms with Crippen LogP contribution in [-0.4, -0.2) is 28.3 Å². The van der Waals surface area contributed by atoms with Crippen molar-refractivity contribution >= 4 is 21.8 Å². The summed E-state index contributed by atoms with van der Waals surface area (Å²) in [5, 5.41) is 19.8. The van der Waals surface area contributed by atoms with E-state index in [2.05, 4.69) is 65.2 Å². The minimum Gasteiger partial charge on any atom is -0.489 e. The highest BCUT2D eigenvalue weighted by molar-refractivity contribution is 9.10. The molecule has 0 bridgehead atoms. The monoisotopic (exact) mass is 428 g/mol. The van der Waals surface area contributed by atoms with Gasteiger partial charge in [0.1, 0.15) is 17.9 Å². The summed E-state index contributed by atoms with van der Waals surface area (Å²) in [5.41, 5.74) is 0.275. The van der Waals surface area contributed by atoms with Crippen molar-refractivity contribution in [3.63, 3.8) is 0 Å². The first-order valence-corrected chi connectivity index (χ1v) is 9.42. The number of carbonyl (C=O) groups excluding carboxylic acids is 1. The van der Waals surface area contributed by atoms with Gasteiger partial charge in [-0.25, -0.2) is 0 Å². The molecule has 1 heterocycles. The quantitative estimate of drug-likeness (QED) is 0.801. The fourth-order valence-corrected chi connectivity index (χ4v) is 4.67. The van der Waals surface area contributed by atoms with Gasteiger partial charge in [-0.2, -0.15) is 10.4 Å². The van der Waals surface area contributed by atoms with E-state index in [1.807, 2.05) is 0 Å². The van der Waals surface area contributed by atoms with E-state index >= 15 is 0 Å². The lowest BCUT2D eigenvalue weighted by Gasteiger charge is -2.63. The molecule has 0 unspecified atom stereocenters. The van der Waals surface area contributed by atoms with Crippen molar-refractivity contribution in [3.8, 4) is 11.8 Å². The lowest BCUT2D eigenvalue weighted by Crippen LogP contribution is -2.74. The van der Waals surface area contributed by atoms with Gasteiger partial charge in [-0.1, -0.05) is 27.7 Å². The van der Waals surface area contributed by atoms with Crippen LogP contribution in [0.25, 0.3) is 0 Å². The first kappa shape index (κ1) is 19.3. The normalized spacial score (nSPS) is 22.2. The van der Waals surface area contributed by atoms with Crippen LogP contribution in [0.5, 0.6) is 5.75 Å². The molecule has 1 fully saturated rings. The zero-order chi connectivity index (χ0) is 19.8. The van der Waals surface area contributed by atoms with Crippen molar-refractivity contribution < 1.29 is 9.53 Å². The molecule has 1 amide bonds. The van der Waals surface area contributed by atoms with Crippen LogP contribution in [0.1, 0.15) is 43.7 Å². The van der Waals surface area contributed by atoms with Crippen LogP contribution in [0.3, 0.4) is 0 Å². The fraction of sp³-hybridized carbons (Fsp3) is 0.400. The van der Waals surface area contributed by atoms with Gasteiger partial charge < -0.3 is 10.1 Å². The standard InChI is InChI=1S/C20H21BrN4O2/c1-19(2)17(24-16(26)15-6-5-9-23-25-15)20(3,4)18(19)27-13-8-7-12(11-22)14(21)10-13/h5-10,17-18H,1-4H3,(H,24,26)/t17-,18-. The number of hydrogen-bond donors (Lipinski definition) is 1. The van der Waals surface area contributed by atoms with Gasteiger partial charge in [-0.05, 0) is 46.3 Å². The van der Waals surface area contributed by atoms with Crippen LogP contribution in [0.15, 0.2) is 41.0 Å². The number of hydrogen-bond acceptors (Lipinski definition) is 5. The summed E-state index contributed by atoms with van der Waals surface area (Å²) in [4.78, 5) is 12.5. The van der Waals surface area contributed by atoms with Gasteiger partial charge in [0.2, 0.25) is 0 Å². The van der Waals surface area contributed by atoms with E-state index in [0.29, 0.717) is 21.5 Å². The number of nitrogens with one attached hydrogen (secondary N) is 1. The first-order valence-electron chi connectivity index (χ1n) is 8.63. The number of carbonyl (C=O) groups is 1. The SMILES string of the molecule is CC1(C)[C@H](NC(=O)c2cccnn2)C(C)(C)[C@H]1Oc1ccc(C#N)c(Br)c1. The van der Waals surface area contributed by atoms with Gasteiger partial charge in [0.25, 0.3) is 5.91 Å². The average Bonchev–Trinajstić information content (AvgIpc) is 2.64. The van der Waals surface area contributed by atoms with Crippen molar-refractivity contribution in [1.82, 2.24) is 15.5 Å². The molecule has 0 spiro atoms. The van der Waals surface area contributed by atoms with Gasteiger partial charge in [0.05, 0.1) is 5.56 Å². The molecule has 2 aromatic rings. The van der Waals surface area contributed by atoms with Crippen LogP contribution in [-0.2, 0) is 0 Å². The lowest BCUT2D eigenvalue weighted by molar-refractivity contribution is -0.164. The van der Waals surface area contributed by atoms with Crippen molar-refractivity contribution in [1.29, 1.82) is 5.26 Å². The second-order valence-corrected chi connectivity index (χ2v) is 8.76. The average molecular weight is 429 g/mol. The van der Waals surface area contributed by atoms with Crippen molar-refractivity contribution in [3.05, 3.63) is 52.3 Å². The maximum Gasteiger partial charge on any atom is 0.272 e. The first-order chi connectivity index (χ1) is 12.7. The zero-order valence-electron chi connectivity index (χ0n) is 15.7. The number of halogens is 1.